The van der Waals surface area contributed by atoms with Crippen LogP contribution in [0.3, 0.4) is 0 Å². The third kappa shape index (κ3) is 3.14. The Bertz CT molecular complexity index is 477. The van der Waals surface area contributed by atoms with Gasteiger partial charge in [0.15, 0.2) is 5.78 Å². The standard InChI is InChI=1S/C13H13NO2S/c1-2-13(15)12-6-5-10(8-14-12)16-9-11-4-3-7-17-11/h3-8H,2,9H2,1H3. The lowest BCUT2D eigenvalue weighted by Gasteiger charge is -2.04. The van der Waals surface area contributed by atoms with Gasteiger partial charge in [-0.25, -0.2) is 4.98 Å². The number of carbonyl (C=O) groups excluding carboxylic acids is 1. The Hall–Kier alpha value is -1.68. The van der Waals surface area contributed by atoms with E-state index in [4.69, 9.17) is 4.74 Å². The first-order chi connectivity index (χ1) is 8.29. The molecule has 0 spiro atoms. The van der Waals surface area contributed by atoms with Crippen molar-refractivity contribution in [3.05, 3.63) is 46.4 Å². The van der Waals surface area contributed by atoms with E-state index < -0.39 is 0 Å². The fraction of sp³-hybridized carbons (Fsp3) is 0.231. The zero-order valence-corrected chi connectivity index (χ0v) is 10.4. The Kier molecular flexibility index (Phi) is 3.88. The van der Waals surface area contributed by atoms with Crippen molar-refractivity contribution >= 4 is 17.1 Å². The van der Waals surface area contributed by atoms with Gasteiger partial charge in [-0.3, -0.25) is 4.79 Å². The van der Waals surface area contributed by atoms with Crippen molar-refractivity contribution in [2.24, 2.45) is 0 Å². The fourth-order valence-corrected chi connectivity index (χ4v) is 1.98. The summed E-state index contributed by atoms with van der Waals surface area (Å²) in [6, 6.07) is 7.50. The summed E-state index contributed by atoms with van der Waals surface area (Å²) in [5.74, 6) is 0.737. The first kappa shape index (κ1) is 11.8. The van der Waals surface area contributed by atoms with Crippen LogP contribution in [0.4, 0.5) is 0 Å². The van der Waals surface area contributed by atoms with Crippen LogP contribution in [0.25, 0.3) is 0 Å². The summed E-state index contributed by atoms with van der Waals surface area (Å²) in [5.41, 5.74) is 0.496. The number of ketones is 1. The highest BCUT2D eigenvalue weighted by molar-refractivity contribution is 7.09. The zero-order valence-electron chi connectivity index (χ0n) is 9.55. The van der Waals surface area contributed by atoms with Gasteiger partial charge in [-0.1, -0.05) is 13.0 Å². The number of hydrogen-bond donors (Lipinski definition) is 0. The summed E-state index contributed by atoms with van der Waals surface area (Å²) in [6.07, 6.45) is 2.07. The second-order valence-corrected chi connectivity index (χ2v) is 4.56. The van der Waals surface area contributed by atoms with Crippen LogP contribution in [0.5, 0.6) is 5.75 Å². The summed E-state index contributed by atoms with van der Waals surface area (Å²) in [6.45, 7) is 2.37. The molecule has 0 aliphatic rings. The van der Waals surface area contributed by atoms with Crippen LogP contribution < -0.4 is 4.74 Å². The summed E-state index contributed by atoms with van der Waals surface area (Å²) in [7, 11) is 0. The molecule has 0 atom stereocenters. The molecule has 2 heterocycles. The molecule has 0 amide bonds. The largest absolute Gasteiger partial charge is 0.486 e. The number of ether oxygens (including phenoxy) is 1. The molecule has 2 rings (SSSR count). The summed E-state index contributed by atoms with van der Waals surface area (Å²) < 4.78 is 5.56. The van der Waals surface area contributed by atoms with Crippen molar-refractivity contribution in [3.63, 3.8) is 0 Å². The van der Waals surface area contributed by atoms with Crippen molar-refractivity contribution in [1.82, 2.24) is 4.98 Å². The van der Waals surface area contributed by atoms with Crippen LogP contribution in [0.1, 0.15) is 28.7 Å². The molecule has 3 nitrogen and oxygen atoms in total. The van der Waals surface area contributed by atoms with Gasteiger partial charge < -0.3 is 4.74 Å². The fourth-order valence-electron chi connectivity index (χ4n) is 1.36. The van der Waals surface area contributed by atoms with Crippen molar-refractivity contribution < 1.29 is 9.53 Å². The minimum atomic E-state index is 0.0507. The molecule has 0 aromatic carbocycles. The van der Waals surface area contributed by atoms with E-state index in [2.05, 4.69) is 4.98 Å². The van der Waals surface area contributed by atoms with Gasteiger partial charge in [-0.15, -0.1) is 11.3 Å². The molecule has 2 aromatic heterocycles. The lowest BCUT2D eigenvalue weighted by molar-refractivity contribution is 0.0983. The van der Waals surface area contributed by atoms with Gasteiger partial charge in [-0.2, -0.15) is 0 Å². The molecule has 0 bridgehead atoms. The molecule has 2 aromatic rings. The van der Waals surface area contributed by atoms with E-state index >= 15 is 0 Å². The highest BCUT2D eigenvalue weighted by atomic mass is 32.1. The number of pyridine rings is 1. The molecular weight excluding hydrogens is 234 g/mol. The Balaban J connectivity index is 1.96. The number of Topliss-reactive ketones (excluding diaryl/α,β-unsaturated/α-hetero) is 1. The number of aromatic nitrogens is 1. The van der Waals surface area contributed by atoms with Gasteiger partial charge in [0.2, 0.25) is 0 Å². The minimum absolute atomic E-state index is 0.0507. The van der Waals surface area contributed by atoms with Crippen LogP contribution in [0, 0.1) is 0 Å². The molecule has 4 heteroatoms. The smallest absolute Gasteiger partial charge is 0.180 e. The summed E-state index contributed by atoms with van der Waals surface area (Å²) in [5, 5.41) is 2.01. The highest BCUT2D eigenvalue weighted by Gasteiger charge is 2.04. The molecular formula is C13H13NO2S. The molecule has 17 heavy (non-hydrogen) atoms. The quantitative estimate of drug-likeness (QED) is 0.761. The molecule has 0 aliphatic heterocycles. The van der Waals surface area contributed by atoms with Crippen LogP contribution in [-0.2, 0) is 6.61 Å². The second kappa shape index (κ2) is 5.59. The average Bonchev–Trinajstić information content (AvgIpc) is 2.89. The Morgan fingerprint density at radius 2 is 2.29 bits per heavy atom. The average molecular weight is 247 g/mol. The molecule has 0 unspecified atom stereocenters. The van der Waals surface area contributed by atoms with Crippen molar-refractivity contribution in [2.45, 2.75) is 20.0 Å². The second-order valence-electron chi connectivity index (χ2n) is 3.52. The van der Waals surface area contributed by atoms with E-state index in [1.54, 1.807) is 29.7 Å². The van der Waals surface area contributed by atoms with Gasteiger partial charge in [0.1, 0.15) is 18.1 Å². The van der Waals surface area contributed by atoms with Crippen molar-refractivity contribution in [3.8, 4) is 5.75 Å². The monoisotopic (exact) mass is 247 g/mol. The summed E-state index contributed by atoms with van der Waals surface area (Å²) >= 11 is 1.65. The minimum Gasteiger partial charge on any atom is -0.486 e. The Morgan fingerprint density at radius 3 is 2.88 bits per heavy atom. The lowest BCUT2D eigenvalue weighted by Crippen LogP contribution is -2.00. The predicted molar refractivity (Wildman–Crippen MR) is 67.5 cm³/mol. The molecule has 0 saturated heterocycles. The van der Waals surface area contributed by atoms with Gasteiger partial charge in [0.05, 0.1) is 6.20 Å². The maximum Gasteiger partial charge on any atom is 0.180 e. The third-order valence-electron chi connectivity index (χ3n) is 2.30. The van der Waals surface area contributed by atoms with Gasteiger partial charge >= 0.3 is 0 Å². The molecule has 0 radical (unpaired) electrons. The van der Waals surface area contributed by atoms with Gasteiger partial charge in [0, 0.05) is 11.3 Å². The number of carbonyl (C=O) groups is 1. The van der Waals surface area contributed by atoms with E-state index in [1.807, 2.05) is 24.4 Å². The molecule has 0 aliphatic carbocycles. The van der Waals surface area contributed by atoms with Crippen molar-refractivity contribution in [2.75, 3.05) is 0 Å². The normalized spacial score (nSPS) is 10.2. The van der Waals surface area contributed by atoms with Crippen LogP contribution in [-0.4, -0.2) is 10.8 Å². The predicted octanol–water partition coefficient (Wildman–Crippen LogP) is 3.31. The lowest BCUT2D eigenvalue weighted by atomic mass is 10.2. The molecule has 88 valence electrons. The maximum absolute atomic E-state index is 11.4. The Morgan fingerprint density at radius 1 is 1.41 bits per heavy atom. The van der Waals surface area contributed by atoms with E-state index in [0.29, 0.717) is 24.5 Å². The summed E-state index contributed by atoms with van der Waals surface area (Å²) in [4.78, 5) is 16.6. The molecule has 0 saturated carbocycles. The third-order valence-corrected chi connectivity index (χ3v) is 3.15. The topological polar surface area (TPSA) is 39.2 Å². The molecule has 0 fully saturated rings. The van der Waals surface area contributed by atoms with E-state index in [0.717, 1.165) is 0 Å². The van der Waals surface area contributed by atoms with Crippen molar-refractivity contribution in [1.29, 1.82) is 0 Å². The van der Waals surface area contributed by atoms with E-state index in [9.17, 15) is 4.79 Å². The Labute approximate surface area is 104 Å². The van der Waals surface area contributed by atoms with Crippen LogP contribution in [0.15, 0.2) is 35.8 Å². The van der Waals surface area contributed by atoms with E-state index in [1.165, 1.54) is 4.88 Å². The SMILES string of the molecule is CCC(=O)c1ccc(OCc2cccs2)cn1. The zero-order chi connectivity index (χ0) is 12.1. The van der Waals surface area contributed by atoms with Crippen LogP contribution >= 0.6 is 11.3 Å². The van der Waals surface area contributed by atoms with Gasteiger partial charge in [0.25, 0.3) is 0 Å². The number of thiophene rings is 1. The number of rotatable bonds is 5. The maximum atomic E-state index is 11.4. The highest BCUT2D eigenvalue weighted by Crippen LogP contribution is 2.15. The van der Waals surface area contributed by atoms with Crippen LogP contribution in [0.2, 0.25) is 0 Å². The first-order valence-electron chi connectivity index (χ1n) is 5.44. The van der Waals surface area contributed by atoms with E-state index in [-0.39, 0.29) is 5.78 Å². The number of nitrogens with zero attached hydrogens (tertiary/aromatic N) is 1. The first-order valence-corrected chi connectivity index (χ1v) is 6.32. The number of hydrogen-bond acceptors (Lipinski definition) is 4. The van der Waals surface area contributed by atoms with Gasteiger partial charge in [-0.05, 0) is 23.6 Å². The molecule has 0 N–H and O–H groups in total.